The van der Waals surface area contributed by atoms with Crippen molar-refractivity contribution in [1.82, 2.24) is 10.2 Å². The number of rotatable bonds is 7. The second kappa shape index (κ2) is 12.0. The van der Waals surface area contributed by atoms with E-state index in [4.69, 9.17) is 5.73 Å². The number of nitrogens with two attached hydrogens (primary N) is 1. The van der Waals surface area contributed by atoms with Gasteiger partial charge in [-0.3, -0.25) is 24.1 Å². The van der Waals surface area contributed by atoms with Gasteiger partial charge in [-0.15, -0.1) is 24.8 Å². The molecule has 1 aromatic rings. The van der Waals surface area contributed by atoms with Gasteiger partial charge in [-0.25, -0.2) is 0 Å². The number of aliphatic hydroxyl groups excluding tert-OH is 2. The van der Waals surface area contributed by atoms with E-state index in [1.54, 1.807) is 39.2 Å². The molecule has 2 unspecified atom stereocenters. The number of anilines is 2. The van der Waals surface area contributed by atoms with Crippen LogP contribution >= 0.6 is 24.8 Å². The topological polar surface area (TPSA) is 206 Å². The molecule has 0 aromatic heterocycles. The van der Waals surface area contributed by atoms with Crippen molar-refractivity contribution in [3.63, 3.8) is 0 Å². The first-order valence-corrected chi connectivity index (χ1v) is 13.4. The van der Waals surface area contributed by atoms with Crippen molar-refractivity contribution in [2.75, 3.05) is 45.0 Å². The van der Waals surface area contributed by atoms with E-state index in [1.165, 1.54) is 4.90 Å². The Bertz CT molecular complexity index is 1450. The molecule has 15 heteroatoms. The van der Waals surface area contributed by atoms with Crippen LogP contribution in [0.5, 0.6) is 5.75 Å². The maximum Gasteiger partial charge on any atom is 0.255 e. The van der Waals surface area contributed by atoms with Crippen LogP contribution in [0.1, 0.15) is 30.4 Å². The Morgan fingerprint density at radius 3 is 2.26 bits per heavy atom. The van der Waals surface area contributed by atoms with Gasteiger partial charge in [0.15, 0.2) is 11.4 Å². The minimum Gasteiger partial charge on any atom is -0.508 e. The van der Waals surface area contributed by atoms with Crippen LogP contribution in [0.15, 0.2) is 23.0 Å². The van der Waals surface area contributed by atoms with Gasteiger partial charge in [-0.2, -0.15) is 0 Å². The van der Waals surface area contributed by atoms with E-state index in [2.05, 4.69) is 10.6 Å². The van der Waals surface area contributed by atoms with E-state index in [0.717, 1.165) is 12.8 Å². The number of likely N-dealkylation sites (N-methyl/N-ethyl adjacent to an activating group) is 1. The molecule has 0 radical (unpaired) electrons. The molecule has 0 aliphatic heterocycles. The fourth-order valence-corrected chi connectivity index (χ4v) is 6.51. The van der Waals surface area contributed by atoms with Crippen molar-refractivity contribution in [1.29, 1.82) is 0 Å². The normalized spacial score (nSPS) is 26.1. The quantitative estimate of drug-likeness (QED) is 0.162. The third-order valence-electron chi connectivity index (χ3n) is 8.58. The molecule has 43 heavy (non-hydrogen) atoms. The first-order valence-electron chi connectivity index (χ1n) is 13.4. The molecule has 236 valence electrons. The summed E-state index contributed by atoms with van der Waals surface area (Å²) >= 11 is 0. The summed E-state index contributed by atoms with van der Waals surface area (Å²) in [7, 11) is 6.60. The molecular formula is C28H37Cl2N5O8. The van der Waals surface area contributed by atoms with Crippen molar-refractivity contribution in [2.45, 2.75) is 43.4 Å². The summed E-state index contributed by atoms with van der Waals surface area (Å²) in [5.41, 5.74) is 2.55. The number of ketones is 2. The third-order valence-corrected chi connectivity index (χ3v) is 8.58. The summed E-state index contributed by atoms with van der Waals surface area (Å²) in [5.74, 6) is -7.67. The Balaban J connectivity index is 0.00000253. The highest BCUT2D eigenvalue weighted by molar-refractivity contribution is 6.24. The first-order chi connectivity index (χ1) is 19.2. The fraction of sp³-hybridized carbons (Fsp3) is 0.500. The van der Waals surface area contributed by atoms with Crippen molar-refractivity contribution in [2.24, 2.45) is 17.6 Å². The average molecular weight is 643 g/mol. The van der Waals surface area contributed by atoms with Crippen molar-refractivity contribution in [3.05, 3.63) is 34.1 Å². The number of nitrogens with zero attached hydrogens (tertiary/aromatic N) is 2. The number of primary amides is 1. The Labute approximate surface area is 260 Å². The van der Waals surface area contributed by atoms with E-state index in [9.17, 15) is 39.6 Å². The van der Waals surface area contributed by atoms with E-state index in [1.807, 2.05) is 0 Å². The smallest absolute Gasteiger partial charge is 0.255 e. The summed E-state index contributed by atoms with van der Waals surface area (Å²) in [6.45, 7) is 0.0279. The van der Waals surface area contributed by atoms with Crippen LogP contribution < -0.4 is 21.3 Å². The number of benzene rings is 1. The number of hydrogen-bond acceptors (Lipinski definition) is 11. The van der Waals surface area contributed by atoms with Gasteiger partial charge in [0.25, 0.3) is 5.91 Å². The number of carbonyl (C=O) groups excluding carboxylic acids is 4. The van der Waals surface area contributed by atoms with Gasteiger partial charge in [-0.1, -0.05) is 0 Å². The predicted molar refractivity (Wildman–Crippen MR) is 163 cm³/mol. The van der Waals surface area contributed by atoms with Crippen LogP contribution in [-0.4, -0.2) is 101 Å². The molecule has 5 rings (SSSR count). The Morgan fingerprint density at radius 1 is 1.09 bits per heavy atom. The fourth-order valence-electron chi connectivity index (χ4n) is 6.51. The maximum atomic E-state index is 14.0. The van der Waals surface area contributed by atoms with Crippen LogP contribution in [-0.2, 0) is 25.6 Å². The van der Waals surface area contributed by atoms with E-state index in [-0.39, 0.29) is 67.1 Å². The second-order valence-electron chi connectivity index (χ2n) is 11.7. The largest absolute Gasteiger partial charge is 0.508 e. The summed E-state index contributed by atoms with van der Waals surface area (Å²) < 4.78 is 0. The Morgan fingerprint density at radius 2 is 1.72 bits per heavy atom. The number of amides is 2. The molecule has 1 aromatic carbocycles. The molecule has 0 saturated heterocycles. The third kappa shape index (κ3) is 5.33. The monoisotopic (exact) mass is 641 g/mol. The lowest BCUT2D eigenvalue weighted by molar-refractivity contribution is -0.153. The molecule has 4 atom stereocenters. The van der Waals surface area contributed by atoms with Gasteiger partial charge < -0.3 is 41.7 Å². The van der Waals surface area contributed by atoms with Gasteiger partial charge in [0.1, 0.15) is 22.8 Å². The lowest BCUT2D eigenvalue weighted by Gasteiger charge is -2.50. The highest BCUT2D eigenvalue weighted by Gasteiger charge is 2.64. The van der Waals surface area contributed by atoms with Crippen LogP contribution in [0, 0.1) is 11.8 Å². The summed E-state index contributed by atoms with van der Waals surface area (Å²) in [6, 6.07) is 0.717. The van der Waals surface area contributed by atoms with Crippen LogP contribution in [0.2, 0.25) is 0 Å². The zero-order chi connectivity index (χ0) is 30.1. The molecule has 13 nitrogen and oxygen atoms in total. The lowest BCUT2D eigenvalue weighted by Crippen LogP contribution is -2.65. The Kier molecular flexibility index (Phi) is 9.50. The standard InChI is InChI=1S/C28H35N5O8.2ClH/c1-32(2)16-9-15(31-17(34)10-30-12-5-6-12)22(35)19-13(16)7-11-8-14-21(33(3)4)24(37)20(27(29)40)26(39)28(14,41)25(38)18(11)23(19)36;;/h9,11-12,14,21,30,35-36,39,41H,5-8,10H2,1-4H3,(H2,29,40)(H,31,34);2*1H/t11?,14?,21-,28-;;/m0../s1. The molecule has 0 spiro atoms. The number of halogens is 2. The molecule has 4 aliphatic carbocycles. The number of carbonyl (C=O) groups is 4. The maximum absolute atomic E-state index is 14.0. The highest BCUT2D eigenvalue weighted by Crippen LogP contribution is 2.54. The minimum atomic E-state index is -2.72. The first kappa shape index (κ1) is 34.1. The number of aliphatic hydroxyl groups is 3. The molecule has 2 saturated carbocycles. The minimum absolute atomic E-state index is 0. The number of fused-ring (bicyclic) bond motifs is 3. The second-order valence-corrected chi connectivity index (χ2v) is 11.7. The Hall–Kier alpha value is -3.36. The summed E-state index contributed by atoms with van der Waals surface area (Å²) in [4.78, 5) is 55.2. The molecule has 4 aliphatic rings. The number of phenols is 1. The van der Waals surface area contributed by atoms with Crippen LogP contribution in [0.4, 0.5) is 11.4 Å². The number of aromatic hydroxyl groups is 1. The van der Waals surface area contributed by atoms with E-state index < -0.39 is 69.7 Å². The summed E-state index contributed by atoms with van der Waals surface area (Å²) in [6.07, 6.45) is 2.11. The number of nitrogens with one attached hydrogen (secondary N) is 2. The molecular weight excluding hydrogens is 605 g/mol. The number of hydrogen-bond donors (Lipinski definition) is 7. The van der Waals surface area contributed by atoms with Crippen molar-refractivity contribution < 1.29 is 39.6 Å². The SMILES string of the molecule is CN(C)c1cc(NC(=O)CNC2CC2)c(O)c2c1CC1CC3[C@H](N(C)C)C(=O)C(C(N)=O)=C(O)[C@@]3(O)C(=O)C1=C2O.Cl.Cl. The summed E-state index contributed by atoms with van der Waals surface area (Å²) in [5, 5.41) is 51.2. The predicted octanol–water partition coefficient (Wildman–Crippen LogP) is 0.564. The molecule has 2 amide bonds. The lowest BCUT2D eigenvalue weighted by atomic mass is 9.57. The average Bonchev–Trinajstić information content (AvgIpc) is 3.70. The van der Waals surface area contributed by atoms with Crippen LogP contribution in [0.25, 0.3) is 5.76 Å². The number of phenolic OH excluding ortho intramolecular Hbond substituents is 1. The van der Waals surface area contributed by atoms with Crippen molar-refractivity contribution in [3.8, 4) is 5.75 Å². The van der Waals surface area contributed by atoms with Gasteiger partial charge in [-0.05, 0) is 57.3 Å². The van der Waals surface area contributed by atoms with Gasteiger partial charge in [0, 0.05) is 37.3 Å². The van der Waals surface area contributed by atoms with Crippen LogP contribution in [0.3, 0.4) is 0 Å². The van der Waals surface area contributed by atoms with Gasteiger partial charge >= 0.3 is 0 Å². The zero-order valence-corrected chi connectivity index (χ0v) is 25.8. The molecule has 0 bridgehead atoms. The van der Waals surface area contributed by atoms with Gasteiger partial charge in [0.2, 0.25) is 11.7 Å². The van der Waals surface area contributed by atoms with Gasteiger partial charge in [0.05, 0.1) is 23.8 Å². The van der Waals surface area contributed by atoms with Crippen molar-refractivity contribution >= 4 is 65.3 Å². The van der Waals surface area contributed by atoms with E-state index in [0.29, 0.717) is 11.3 Å². The molecule has 2 fully saturated rings. The number of Topliss-reactive ketones (excluding diaryl/α,β-unsaturated/α-hetero) is 2. The zero-order valence-electron chi connectivity index (χ0n) is 24.1. The van der Waals surface area contributed by atoms with E-state index >= 15 is 0 Å². The highest BCUT2D eigenvalue weighted by atomic mass is 35.5. The molecule has 0 heterocycles. The molecule has 8 N–H and O–H groups in total.